The summed E-state index contributed by atoms with van der Waals surface area (Å²) in [5.41, 5.74) is -0.285. The van der Waals surface area contributed by atoms with Gasteiger partial charge in [-0.2, -0.15) is 0 Å². The van der Waals surface area contributed by atoms with Gasteiger partial charge in [-0.05, 0) is 51.0 Å². The molecule has 1 aliphatic carbocycles. The highest BCUT2D eigenvalue weighted by Crippen LogP contribution is 2.18. The van der Waals surface area contributed by atoms with Crippen molar-refractivity contribution in [1.29, 1.82) is 0 Å². The largest absolute Gasteiger partial charge is 0.444 e. The number of rotatable bonds is 4. The molecule has 21 heavy (non-hydrogen) atoms. The molecule has 1 aliphatic rings. The fraction of sp³-hybridized carbons (Fsp3) is 0.467. The van der Waals surface area contributed by atoms with Gasteiger partial charge in [-0.3, -0.25) is 0 Å². The zero-order valence-corrected chi connectivity index (χ0v) is 12.2. The Labute approximate surface area is 122 Å². The molecule has 1 N–H and O–H groups in total. The van der Waals surface area contributed by atoms with Crippen molar-refractivity contribution in [3.05, 3.63) is 35.7 Å². The van der Waals surface area contributed by atoms with E-state index in [4.69, 9.17) is 4.74 Å². The molecule has 0 aliphatic heterocycles. The molecule has 0 saturated heterocycles. The average Bonchev–Trinajstić information content (AvgIpc) is 2.47. The van der Waals surface area contributed by atoms with Gasteiger partial charge in [0.05, 0.1) is 6.04 Å². The standard InChI is InChI=1S/C15H19F2NO3/c1-15(2,3)21-14(20)18-13(9-19)7-10-4-5-11(16)8-12(17)6-10/h4-6,8-9,11,13H,7H2,1-3H3,(H,18,20)/t11?,13-/m0/s1. The van der Waals surface area contributed by atoms with E-state index in [1.54, 1.807) is 20.8 Å². The minimum Gasteiger partial charge on any atom is -0.444 e. The SMILES string of the molecule is CC(C)(C)OC(=O)N[C@H](C=O)CC1=CC(F)=CC(F)C=C1. The third-order valence-electron chi connectivity index (χ3n) is 2.46. The van der Waals surface area contributed by atoms with Crippen molar-refractivity contribution < 1.29 is 23.1 Å². The number of carbonyl (C=O) groups is 2. The van der Waals surface area contributed by atoms with Crippen LogP contribution >= 0.6 is 0 Å². The number of carbonyl (C=O) groups excluding carboxylic acids is 2. The minimum atomic E-state index is -1.51. The number of nitrogens with one attached hydrogen (secondary N) is 1. The molecule has 1 unspecified atom stereocenters. The zero-order valence-electron chi connectivity index (χ0n) is 12.2. The summed E-state index contributed by atoms with van der Waals surface area (Å²) in [6.45, 7) is 5.09. The Bertz CT molecular complexity index is 490. The van der Waals surface area contributed by atoms with Crippen LogP contribution in [-0.4, -0.2) is 30.2 Å². The van der Waals surface area contributed by atoms with Gasteiger partial charge in [-0.15, -0.1) is 0 Å². The zero-order chi connectivity index (χ0) is 16.0. The van der Waals surface area contributed by atoms with Gasteiger partial charge in [0.1, 0.15) is 23.9 Å². The van der Waals surface area contributed by atoms with E-state index < -0.39 is 29.7 Å². The number of halogens is 2. The maximum Gasteiger partial charge on any atom is 0.408 e. The Morgan fingerprint density at radius 3 is 2.76 bits per heavy atom. The molecule has 0 bridgehead atoms. The van der Waals surface area contributed by atoms with Crippen molar-refractivity contribution in [3.8, 4) is 0 Å². The third kappa shape index (κ3) is 6.83. The van der Waals surface area contributed by atoms with Gasteiger partial charge in [0, 0.05) is 0 Å². The van der Waals surface area contributed by atoms with Gasteiger partial charge in [0.2, 0.25) is 0 Å². The Morgan fingerprint density at radius 2 is 2.19 bits per heavy atom. The highest BCUT2D eigenvalue weighted by molar-refractivity contribution is 5.73. The van der Waals surface area contributed by atoms with Gasteiger partial charge < -0.3 is 14.8 Å². The Kier molecular flexibility index (Phi) is 5.81. The molecule has 0 spiro atoms. The fourth-order valence-electron chi connectivity index (χ4n) is 1.67. The molecule has 0 aromatic heterocycles. The maximum absolute atomic E-state index is 13.3. The van der Waals surface area contributed by atoms with Crippen molar-refractivity contribution in [3.63, 3.8) is 0 Å². The summed E-state index contributed by atoms with van der Waals surface area (Å²) in [6.07, 6.45) is 2.84. The second-order valence-corrected chi connectivity index (χ2v) is 5.67. The van der Waals surface area contributed by atoms with E-state index in [1.807, 2.05) is 0 Å². The van der Waals surface area contributed by atoms with Crippen molar-refractivity contribution in [2.75, 3.05) is 0 Å². The predicted molar refractivity (Wildman–Crippen MR) is 75.1 cm³/mol. The molecule has 2 atom stereocenters. The molecule has 0 aromatic rings. The van der Waals surface area contributed by atoms with Gasteiger partial charge in [0.15, 0.2) is 0 Å². The number of allylic oxidation sites excluding steroid dienone is 5. The summed E-state index contributed by atoms with van der Waals surface area (Å²) >= 11 is 0. The summed E-state index contributed by atoms with van der Waals surface area (Å²) in [5.74, 6) is -0.718. The van der Waals surface area contributed by atoms with Crippen molar-refractivity contribution in [2.24, 2.45) is 0 Å². The van der Waals surface area contributed by atoms with E-state index >= 15 is 0 Å². The van der Waals surface area contributed by atoms with Crippen LogP contribution < -0.4 is 5.32 Å². The molecule has 0 saturated carbocycles. The van der Waals surface area contributed by atoms with E-state index in [0.29, 0.717) is 11.9 Å². The minimum absolute atomic E-state index is 0.0488. The van der Waals surface area contributed by atoms with Crippen LogP contribution in [-0.2, 0) is 9.53 Å². The highest BCUT2D eigenvalue weighted by atomic mass is 19.1. The van der Waals surface area contributed by atoms with E-state index in [2.05, 4.69) is 5.32 Å². The highest BCUT2D eigenvalue weighted by Gasteiger charge is 2.20. The topological polar surface area (TPSA) is 55.4 Å². The number of amides is 1. The molecule has 0 heterocycles. The van der Waals surface area contributed by atoms with Crippen molar-refractivity contribution in [2.45, 2.75) is 45.0 Å². The monoisotopic (exact) mass is 299 g/mol. The normalized spacial score (nSPS) is 20.0. The summed E-state index contributed by atoms with van der Waals surface area (Å²) in [4.78, 5) is 22.6. The van der Waals surface area contributed by atoms with Crippen LogP contribution in [0.5, 0.6) is 0 Å². The Hall–Kier alpha value is -1.98. The number of hydrogen-bond donors (Lipinski definition) is 1. The molecule has 1 rings (SSSR count). The van der Waals surface area contributed by atoms with Crippen LogP contribution in [0.15, 0.2) is 35.7 Å². The second-order valence-electron chi connectivity index (χ2n) is 5.67. The lowest BCUT2D eigenvalue weighted by Gasteiger charge is -2.21. The maximum atomic E-state index is 13.3. The van der Waals surface area contributed by atoms with Gasteiger partial charge in [0.25, 0.3) is 0 Å². The molecule has 4 nitrogen and oxygen atoms in total. The van der Waals surface area contributed by atoms with E-state index in [-0.39, 0.29) is 6.42 Å². The van der Waals surface area contributed by atoms with Gasteiger partial charge >= 0.3 is 6.09 Å². The summed E-state index contributed by atoms with van der Waals surface area (Å²) in [7, 11) is 0. The number of ether oxygens (including phenoxy) is 1. The third-order valence-corrected chi connectivity index (χ3v) is 2.46. The number of alkyl halides is 1. The number of aldehydes is 1. The summed E-state index contributed by atoms with van der Waals surface area (Å²) in [5, 5.41) is 2.38. The molecule has 116 valence electrons. The molecule has 1 amide bonds. The van der Waals surface area contributed by atoms with Crippen LogP contribution in [0.2, 0.25) is 0 Å². The molecule has 0 aromatic carbocycles. The van der Waals surface area contributed by atoms with Crippen LogP contribution in [0.3, 0.4) is 0 Å². The van der Waals surface area contributed by atoms with Crippen molar-refractivity contribution in [1.82, 2.24) is 5.32 Å². The lowest BCUT2D eigenvalue weighted by molar-refractivity contribution is -0.109. The predicted octanol–water partition coefficient (Wildman–Crippen LogP) is 3.16. The molecular formula is C15H19F2NO3. The van der Waals surface area contributed by atoms with Crippen LogP contribution in [0, 0.1) is 0 Å². The Balaban J connectivity index is 2.66. The van der Waals surface area contributed by atoms with Crippen LogP contribution in [0.25, 0.3) is 0 Å². The molecule has 6 heteroatoms. The first-order valence-electron chi connectivity index (χ1n) is 6.54. The quantitative estimate of drug-likeness (QED) is 0.811. The van der Waals surface area contributed by atoms with Gasteiger partial charge in [-0.1, -0.05) is 6.08 Å². The Morgan fingerprint density at radius 1 is 1.52 bits per heavy atom. The number of alkyl carbamates (subject to hydrolysis) is 1. The molecular weight excluding hydrogens is 280 g/mol. The van der Waals surface area contributed by atoms with Gasteiger partial charge in [-0.25, -0.2) is 13.6 Å². The lowest BCUT2D eigenvalue weighted by atomic mass is 10.1. The van der Waals surface area contributed by atoms with Crippen LogP contribution in [0.4, 0.5) is 13.6 Å². The summed E-state index contributed by atoms with van der Waals surface area (Å²) in [6, 6.07) is -0.875. The first kappa shape index (κ1) is 17.1. The summed E-state index contributed by atoms with van der Waals surface area (Å²) < 4.78 is 31.4. The molecule has 0 fully saturated rings. The first-order chi connectivity index (χ1) is 9.69. The smallest absolute Gasteiger partial charge is 0.408 e. The van der Waals surface area contributed by atoms with E-state index in [0.717, 1.165) is 12.2 Å². The average molecular weight is 299 g/mol. The fourth-order valence-corrected chi connectivity index (χ4v) is 1.67. The molecule has 0 radical (unpaired) electrons. The van der Waals surface area contributed by atoms with E-state index in [9.17, 15) is 18.4 Å². The van der Waals surface area contributed by atoms with Crippen molar-refractivity contribution >= 4 is 12.4 Å². The second kappa shape index (κ2) is 7.15. The van der Waals surface area contributed by atoms with E-state index in [1.165, 1.54) is 12.2 Å². The van der Waals surface area contributed by atoms with Crippen LogP contribution in [0.1, 0.15) is 27.2 Å². The first-order valence-corrected chi connectivity index (χ1v) is 6.54. The lowest BCUT2D eigenvalue weighted by Crippen LogP contribution is -2.40. The number of hydrogen-bond acceptors (Lipinski definition) is 3.